The molecule has 0 aliphatic rings. The van der Waals surface area contributed by atoms with Gasteiger partial charge >= 0.3 is 68.2 Å². The van der Waals surface area contributed by atoms with E-state index in [9.17, 15) is 4.39 Å². The van der Waals surface area contributed by atoms with Crippen molar-refractivity contribution in [3.63, 3.8) is 0 Å². The summed E-state index contributed by atoms with van der Waals surface area (Å²) in [5, 5.41) is 0. The van der Waals surface area contributed by atoms with Crippen LogP contribution in [0, 0.1) is 5.82 Å². The third-order valence-electron chi connectivity index (χ3n) is 0.914. The van der Waals surface area contributed by atoms with Crippen LogP contribution in [0.3, 0.4) is 0 Å². The van der Waals surface area contributed by atoms with Gasteiger partial charge in [0.15, 0.2) is 0 Å². The van der Waals surface area contributed by atoms with Crippen molar-refractivity contribution in [3.8, 4) is 5.75 Å². The maximum absolute atomic E-state index is 12.3. The Hall–Kier alpha value is 0.413. The van der Waals surface area contributed by atoms with Crippen LogP contribution in [0.1, 0.15) is 0 Å². The molecular formula is C6H6Cl2FOZr. The first-order valence-corrected chi connectivity index (χ1v) is 3.42. The maximum atomic E-state index is 12.3. The Labute approximate surface area is 92.6 Å². The van der Waals surface area contributed by atoms with Gasteiger partial charge in [0.25, 0.3) is 0 Å². The van der Waals surface area contributed by atoms with E-state index in [4.69, 9.17) is 2.81 Å². The van der Waals surface area contributed by atoms with Crippen LogP contribution < -0.4 is 2.81 Å². The molecule has 0 aliphatic carbocycles. The molecule has 0 radical (unpaired) electrons. The van der Waals surface area contributed by atoms with Gasteiger partial charge in [0.1, 0.15) is 0 Å². The zero-order valence-corrected chi connectivity index (χ0v) is 9.50. The molecule has 0 bridgehead atoms. The Morgan fingerprint density at radius 1 is 1.27 bits per heavy atom. The van der Waals surface area contributed by atoms with E-state index in [-0.39, 0.29) is 30.6 Å². The van der Waals surface area contributed by atoms with E-state index < -0.39 is 0 Å². The van der Waals surface area contributed by atoms with E-state index in [1.54, 1.807) is 12.1 Å². The first-order valence-electron chi connectivity index (χ1n) is 2.42. The molecule has 0 aliphatic heterocycles. The van der Waals surface area contributed by atoms with E-state index in [1.807, 2.05) is 0 Å². The first kappa shape index (κ1) is 14.0. The molecule has 0 heterocycles. The fraction of sp³-hybridized carbons (Fsp3) is 0. The molecule has 0 amide bonds. The molecule has 0 saturated heterocycles. The fourth-order valence-corrected chi connectivity index (χ4v) is 0.843. The van der Waals surface area contributed by atoms with Gasteiger partial charge in [-0.25, -0.2) is 0 Å². The Balaban J connectivity index is 0. The Morgan fingerprint density at radius 3 is 2.27 bits per heavy atom. The van der Waals surface area contributed by atoms with Crippen molar-refractivity contribution in [1.29, 1.82) is 0 Å². The van der Waals surface area contributed by atoms with E-state index >= 15 is 0 Å². The molecule has 0 atom stereocenters. The normalized spacial score (nSPS) is 7.27. The second-order valence-corrected chi connectivity index (χ2v) is 2.06. The minimum absolute atomic E-state index is 0. The SMILES string of the molecule is Cl.Cl.Fc1cccc([O][Zr])c1. The van der Waals surface area contributed by atoms with Gasteiger partial charge in [0.05, 0.1) is 0 Å². The second kappa shape index (κ2) is 7.08. The van der Waals surface area contributed by atoms with Crippen molar-refractivity contribution in [2.75, 3.05) is 0 Å². The zero-order chi connectivity index (χ0) is 6.69. The van der Waals surface area contributed by atoms with Gasteiger partial charge in [-0.2, -0.15) is 0 Å². The van der Waals surface area contributed by atoms with Crippen molar-refractivity contribution in [1.82, 2.24) is 0 Å². The van der Waals surface area contributed by atoms with Crippen molar-refractivity contribution < 1.29 is 32.4 Å². The average Bonchev–Trinajstić information content (AvgIpc) is 1.88. The molecule has 0 fully saturated rings. The predicted octanol–water partition coefficient (Wildman–Crippen LogP) is 2.51. The molecule has 61 valence electrons. The third-order valence-corrected chi connectivity index (χ3v) is 1.49. The predicted molar refractivity (Wildman–Crippen MR) is 41.5 cm³/mol. The van der Waals surface area contributed by atoms with Crippen molar-refractivity contribution >= 4 is 24.8 Å². The summed E-state index contributed by atoms with van der Waals surface area (Å²) in [7, 11) is 0. The van der Waals surface area contributed by atoms with Gasteiger partial charge in [-0.15, -0.1) is 24.8 Å². The second-order valence-electron chi connectivity index (χ2n) is 1.56. The van der Waals surface area contributed by atoms with Crippen LogP contribution in [0.4, 0.5) is 4.39 Å². The Morgan fingerprint density at radius 2 is 1.91 bits per heavy atom. The molecule has 1 nitrogen and oxygen atoms in total. The zero-order valence-electron chi connectivity index (χ0n) is 5.41. The summed E-state index contributed by atoms with van der Waals surface area (Å²) >= 11 is 0.925. The Kier molecular flexibility index (Phi) is 8.99. The van der Waals surface area contributed by atoms with E-state index in [2.05, 4.69) is 0 Å². The summed E-state index contributed by atoms with van der Waals surface area (Å²) in [6.07, 6.45) is 0. The molecule has 0 aromatic heterocycles. The average molecular weight is 275 g/mol. The van der Waals surface area contributed by atoms with Crippen LogP contribution in [0.2, 0.25) is 0 Å². The van der Waals surface area contributed by atoms with Crippen molar-refractivity contribution in [2.45, 2.75) is 0 Å². The number of rotatable bonds is 1. The van der Waals surface area contributed by atoms with Crippen LogP contribution in [0.25, 0.3) is 0 Å². The summed E-state index contributed by atoms with van der Waals surface area (Å²) in [5.74, 6) is 0.336. The van der Waals surface area contributed by atoms with Crippen LogP contribution in [0.15, 0.2) is 24.3 Å². The summed E-state index contributed by atoms with van der Waals surface area (Å²) in [4.78, 5) is 0. The van der Waals surface area contributed by atoms with Crippen LogP contribution in [-0.2, 0) is 25.2 Å². The summed E-state index contributed by atoms with van der Waals surface area (Å²) in [6, 6.07) is 6.08. The molecule has 0 N–H and O–H groups in total. The molecule has 1 rings (SSSR count). The van der Waals surface area contributed by atoms with Gasteiger partial charge in [-0.05, 0) is 0 Å². The third kappa shape index (κ3) is 4.78. The Bertz CT molecular complexity index is 210. The monoisotopic (exact) mass is 273 g/mol. The molecule has 1 aromatic rings. The number of halogens is 3. The van der Waals surface area contributed by atoms with Crippen LogP contribution in [-0.4, -0.2) is 0 Å². The molecule has 0 saturated carbocycles. The minimum atomic E-state index is -0.255. The van der Waals surface area contributed by atoms with Crippen LogP contribution in [0.5, 0.6) is 5.75 Å². The topological polar surface area (TPSA) is 9.23 Å². The standard InChI is InChI=1S/C6H5FO.2ClH.Zr/c7-5-2-1-3-6(8)4-5;;;/h1-4,8H;2*1H;/q;;;+1/p-1. The van der Waals surface area contributed by atoms with Gasteiger partial charge in [-0.1, -0.05) is 0 Å². The molecule has 1 aromatic carbocycles. The van der Waals surface area contributed by atoms with Crippen LogP contribution >= 0.6 is 24.8 Å². The van der Waals surface area contributed by atoms with Gasteiger partial charge in [-0.3, -0.25) is 0 Å². The summed E-state index contributed by atoms with van der Waals surface area (Å²) in [5.41, 5.74) is 0. The molecule has 5 heteroatoms. The first-order chi connectivity index (χ1) is 4.33. The van der Waals surface area contributed by atoms with Crippen molar-refractivity contribution in [2.24, 2.45) is 0 Å². The van der Waals surface area contributed by atoms with Gasteiger partial charge in [0, 0.05) is 0 Å². The van der Waals surface area contributed by atoms with Gasteiger partial charge < -0.3 is 0 Å². The van der Waals surface area contributed by atoms with E-state index in [1.165, 1.54) is 12.1 Å². The molecule has 11 heavy (non-hydrogen) atoms. The quantitative estimate of drug-likeness (QED) is 0.765. The van der Waals surface area contributed by atoms with Crippen molar-refractivity contribution in [3.05, 3.63) is 30.1 Å². The van der Waals surface area contributed by atoms with E-state index in [0.29, 0.717) is 5.75 Å². The number of hydrogen-bond donors (Lipinski definition) is 0. The van der Waals surface area contributed by atoms with Gasteiger partial charge in [0.2, 0.25) is 0 Å². The molecular weight excluding hydrogens is 269 g/mol. The molecule has 0 unspecified atom stereocenters. The van der Waals surface area contributed by atoms with E-state index in [0.717, 1.165) is 25.2 Å². The number of hydrogen-bond acceptors (Lipinski definition) is 1. The summed E-state index contributed by atoms with van der Waals surface area (Å²) in [6.45, 7) is 0. The summed E-state index contributed by atoms with van der Waals surface area (Å²) < 4.78 is 17.1. The number of benzene rings is 1. The molecule has 0 spiro atoms. The fourth-order valence-electron chi connectivity index (χ4n) is 0.530.